The van der Waals surface area contributed by atoms with Gasteiger partial charge in [0.15, 0.2) is 0 Å². The van der Waals surface area contributed by atoms with Crippen LogP contribution in [0.2, 0.25) is 0 Å². The first-order chi connectivity index (χ1) is 15.8. The molecule has 0 saturated carbocycles. The zero-order chi connectivity index (χ0) is 24.0. The van der Waals surface area contributed by atoms with E-state index < -0.39 is 4.92 Å². The Morgan fingerprint density at radius 1 is 1.15 bits per heavy atom. The van der Waals surface area contributed by atoms with Gasteiger partial charge in [-0.05, 0) is 49.1 Å². The van der Waals surface area contributed by atoms with Gasteiger partial charge in [-0.3, -0.25) is 19.8 Å². The minimum Gasteiger partial charge on any atom is -0.490 e. The van der Waals surface area contributed by atoms with E-state index in [0.717, 1.165) is 12.2 Å². The van der Waals surface area contributed by atoms with E-state index in [1.165, 1.54) is 40.4 Å². The molecule has 0 aliphatic carbocycles. The second kappa shape index (κ2) is 11.3. The van der Waals surface area contributed by atoms with Crippen LogP contribution in [0.4, 0.5) is 5.69 Å². The molecule has 0 spiro atoms. The summed E-state index contributed by atoms with van der Waals surface area (Å²) in [5.41, 5.74) is 1.63. The van der Waals surface area contributed by atoms with Gasteiger partial charge in [0.2, 0.25) is 0 Å². The van der Waals surface area contributed by atoms with Crippen LogP contribution in [0.3, 0.4) is 0 Å². The SMILES string of the molecule is CCC(C)c1ccc(OCCOc2ccc([N+](=O)[O-])cc2/C=C2\SC(=S)N(CC)C2=O)cc1. The number of likely N-dealkylation sites (N-methyl/N-ethyl adjacent to an activating group) is 1. The number of ether oxygens (including phenoxy) is 2. The molecule has 0 bridgehead atoms. The third-order valence-corrected chi connectivity index (χ3v) is 6.73. The van der Waals surface area contributed by atoms with Crippen LogP contribution in [0.15, 0.2) is 47.4 Å². The quantitative estimate of drug-likeness (QED) is 0.138. The Balaban J connectivity index is 1.69. The molecule has 2 aromatic rings. The van der Waals surface area contributed by atoms with E-state index in [1.54, 1.807) is 6.08 Å². The Labute approximate surface area is 202 Å². The van der Waals surface area contributed by atoms with E-state index in [1.807, 2.05) is 19.1 Å². The molecule has 1 unspecified atom stereocenters. The van der Waals surface area contributed by atoms with Crippen LogP contribution < -0.4 is 9.47 Å². The lowest BCUT2D eigenvalue weighted by atomic mass is 9.99. The van der Waals surface area contributed by atoms with E-state index >= 15 is 0 Å². The Kier molecular flexibility index (Phi) is 8.46. The highest BCUT2D eigenvalue weighted by Gasteiger charge is 2.31. The summed E-state index contributed by atoms with van der Waals surface area (Å²) in [6.07, 6.45) is 2.67. The van der Waals surface area contributed by atoms with Crippen molar-refractivity contribution in [1.82, 2.24) is 4.90 Å². The number of hydrogen-bond donors (Lipinski definition) is 0. The molecule has 2 aromatic carbocycles. The van der Waals surface area contributed by atoms with E-state index in [0.29, 0.717) is 39.6 Å². The number of nitro benzene ring substituents is 1. The molecule has 1 aliphatic rings. The summed E-state index contributed by atoms with van der Waals surface area (Å²) in [7, 11) is 0. The third-order valence-electron chi connectivity index (χ3n) is 5.35. The van der Waals surface area contributed by atoms with Crippen LogP contribution >= 0.6 is 24.0 Å². The summed E-state index contributed by atoms with van der Waals surface area (Å²) < 4.78 is 12.1. The smallest absolute Gasteiger partial charge is 0.270 e. The first-order valence-corrected chi connectivity index (χ1v) is 12.0. The highest BCUT2D eigenvalue weighted by Crippen LogP contribution is 2.35. The van der Waals surface area contributed by atoms with Gasteiger partial charge in [0.1, 0.15) is 29.0 Å². The lowest BCUT2D eigenvalue weighted by Gasteiger charge is -2.12. The number of hydrogen-bond acceptors (Lipinski definition) is 7. The number of nitro groups is 1. The number of thiocarbonyl (C=S) groups is 1. The van der Waals surface area contributed by atoms with Crippen LogP contribution in [-0.4, -0.2) is 39.8 Å². The average Bonchev–Trinajstić information content (AvgIpc) is 3.09. The fourth-order valence-corrected chi connectivity index (χ4v) is 4.62. The predicted octanol–water partition coefficient (Wildman–Crippen LogP) is 5.79. The second-order valence-electron chi connectivity index (χ2n) is 7.48. The molecule has 1 amide bonds. The fourth-order valence-electron chi connectivity index (χ4n) is 3.25. The Morgan fingerprint density at radius 3 is 2.45 bits per heavy atom. The molecule has 7 nitrogen and oxygen atoms in total. The third kappa shape index (κ3) is 6.11. The topological polar surface area (TPSA) is 81.9 Å². The van der Waals surface area contributed by atoms with Crippen LogP contribution in [0.25, 0.3) is 6.08 Å². The molecule has 9 heteroatoms. The number of non-ortho nitro benzene ring substituents is 1. The number of rotatable bonds is 10. The number of amides is 1. The molecule has 3 rings (SSSR count). The highest BCUT2D eigenvalue weighted by atomic mass is 32.2. The molecule has 174 valence electrons. The standard InChI is InChI=1S/C24H26N2O5S2/c1-4-16(3)17-6-9-20(10-7-17)30-12-13-31-21-11-8-19(26(28)29)14-18(21)15-22-23(27)25(5-2)24(32)33-22/h6-11,14-16H,4-5,12-13H2,1-3H3/b22-15-. The van der Waals surface area contributed by atoms with Crippen molar-refractivity contribution in [2.24, 2.45) is 0 Å². The summed E-state index contributed by atoms with van der Waals surface area (Å²) in [6, 6.07) is 12.3. The summed E-state index contributed by atoms with van der Waals surface area (Å²) >= 11 is 6.42. The minimum absolute atomic E-state index is 0.0859. The van der Waals surface area contributed by atoms with E-state index in [4.69, 9.17) is 21.7 Å². The molecule has 1 heterocycles. The van der Waals surface area contributed by atoms with E-state index in [2.05, 4.69) is 26.0 Å². The highest BCUT2D eigenvalue weighted by molar-refractivity contribution is 8.26. The van der Waals surface area contributed by atoms with Gasteiger partial charge in [-0.15, -0.1) is 0 Å². The minimum atomic E-state index is -0.482. The molecule has 1 saturated heterocycles. The molecule has 1 aliphatic heterocycles. The molecule has 1 atom stereocenters. The summed E-state index contributed by atoms with van der Waals surface area (Å²) in [5.74, 6) is 1.46. The van der Waals surface area contributed by atoms with Gasteiger partial charge in [-0.2, -0.15) is 0 Å². The summed E-state index contributed by atoms with van der Waals surface area (Å²) in [6.45, 7) is 7.19. The van der Waals surface area contributed by atoms with Crippen molar-refractivity contribution in [3.05, 3.63) is 68.6 Å². The number of benzene rings is 2. The van der Waals surface area contributed by atoms with Crippen molar-refractivity contribution >= 4 is 46.0 Å². The van der Waals surface area contributed by atoms with Gasteiger partial charge in [0.05, 0.1) is 9.83 Å². The van der Waals surface area contributed by atoms with Crippen molar-refractivity contribution in [2.75, 3.05) is 19.8 Å². The maximum absolute atomic E-state index is 12.5. The van der Waals surface area contributed by atoms with Crippen molar-refractivity contribution in [2.45, 2.75) is 33.1 Å². The Morgan fingerprint density at radius 2 is 1.85 bits per heavy atom. The number of thioether (sulfide) groups is 1. The van der Waals surface area contributed by atoms with Gasteiger partial charge in [0.25, 0.3) is 11.6 Å². The van der Waals surface area contributed by atoms with Crippen LogP contribution in [0.1, 0.15) is 44.2 Å². The first-order valence-electron chi connectivity index (χ1n) is 10.7. The molecule has 0 radical (unpaired) electrons. The maximum atomic E-state index is 12.5. The van der Waals surface area contributed by atoms with Crippen molar-refractivity contribution in [3.63, 3.8) is 0 Å². The van der Waals surface area contributed by atoms with Gasteiger partial charge in [0, 0.05) is 24.2 Å². The predicted molar refractivity (Wildman–Crippen MR) is 135 cm³/mol. The van der Waals surface area contributed by atoms with Gasteiger partial charge >= 0.3 is 0 Å². The fraction of sp³-hybridized carbons (Fsp3) is 0.333. The molecule has 0 aromatic heterocycles. The number of nitrogens with zero attached hydrogens (tertiary/aromatic N) is 2. The van der Waals surface area contributed by atoms with Gasteiger partial charge in [-0.1, -0.05) is 50.0 Å². The number of carbonyl (C=O) groups excluding carboxylic acids is 1. The van der Waals surface area contributed by atoms with Crippen molar-refractivity contribution in [1.29, 1.82) is 0 Å². The number of carbonyl (C=O) groups is 1. The Hall–Kier alpha value is -2.91. The van der Waals surface area contributed by atoms with E-state index in [9.17, 15) is 14.9 Å². The Bertz CT molecular complexity index is 1070. The monoisotopic (exact) mass is 486 g/mol. The van der Waals surface area contributed by atoms with E-state index in [-0.39, 0.29) is 18.2 Å². The molecular formula is C24H26N2O5S2. The van der Waals surface area contributed by atoms with Crippen molar-refractivity contribution in [3.8, 4) is 11.5 Å². The molecule has 33 heavy (non-hydrogen) atoms. The summed E-state index contributed by atoms with van der Waals surface area (Å²) in [4.78, 5) is 25.2. The van der Waals surface area contributed by atoms with Gasteiger partial charge < -0.3 is 9.47 Å². The summed E-state index contributed by atoms with van der Waals surface area (Å²) in [5, 5.41) is 11.2. The van der Waals surface area contributed by atoms with Gasteiger partial charge in [-0.25, -0.2) is 0 Å². The second-order valence-corrected chi connectivity index (χ2v) is 9.16. The molecule has 0 N–H and O–H groups in total. The first kappa shape index (κ1) is 24.7. The normalized spacial score (nSPS) is 15.7. The lowest BCUT2D eigenvalue weighted by molar-refractivity contribution is -0.384. The van der Waals surface area contributed by atoms with Crippen LogP contribution in [-0.2, 0) is 4.79 Å². The lowest BCUT2D eigenvalue weighted by Crippen LogP contribution is -2.27. The molecule has 1 fully saturated rings. The van der Waals surface area contributed by atoms with Crippen LogP contribution in [0, 0.1) is 10.1 Å². The van der Waals surface area contributed by atoms with Crippen LogP contribution in [0.5, 0.6) is 11.5 Å². The van der Waals surface area contributed by atoms with Crippen molar-refractivity contribution < 1.29 is 19.2 Å². The maximum Gasteiger partial charge on any atom is 0.270 e. The zero-order valence-corrected chi connectivity index (χ0v) is 20.4. The zero-order valence-electron chi connectivity index (χ0n) is 18.8. The average molecular weight is 487 g/mol. The largest absolute Gasteiger partial charge is 0.490 e. The molecular weight excluding hydrogens is 460 g/mol.